The first-order valence-electron chi connectivity index (χ1n) is 10.1. The van der Waals surface area contributed by atoms with Crippen LogP contribution in [0.2, 0.25) is 0 Å². The fourth-order valence-corrected chi connectivity index (χ4v) is 6.20. The van der Waals surface area contributed by atoms with Crippen molar-refractivity contribution in [3.63, 3.8) is 0 Å². The fraction of sp³-hybridized carbons (Fsp3) is 1.00. The predicted molar refractivity (Wildman–Crippen MR) is 96.1 cm³/mol. The zero-order chi connectivity index (χ0) is 19.2. The van der Waals surface area contributed by atoms with E-state index in [2.05, 4.69) is 34.6 Å². The molecule has 2 fully saturated rings. The Bertz CT molecular complexity index is 455. The van der Waals surface area contributed by atoms with Gasteiger partial charge in [0.2, 0.25) is 0 Å². The van der Waals surface area contributed by atoms with Crippen molar-refractivity contribution >= 4 is 0 Å². The van der Waals surface area contributed by atoms with Crippen LogP contribution in [0.1, 0.15) is 80.1 Å². The van der Waals surface area contributed by atoms with Gasteiger partial charge in [0, 0.05) is 0 Å². The summed E-state index contributed by atoms with van der Waals surface area (Å²) in [5.74, 6) is 2.62. The van der Waals surface area contributed by atoms with Crippen LogP contribution in [0.25, 0.3) is 0 Å². The number of hydrogen-bond acceptors (Lipinski definition) is 1. The Balaban J connectivity index is 2.24. The number of fused-ring (bicyclic) bond motifs is 2. The first-order chi connectivity index (χ1) is 11.4. The number of hydrogen-bond donors (Lipinski definition) is 1. The highest BCUT2D eigenvalue weighted by Gasteiger charge is 2.60. The van der Waals surface area contributed by atoms with E-state index in [1.165, 1.54) is 12.8 Å². The van der Waals surface area contributed by atoms with Crippen molar-refractivity contribution in [2.75, 3.05) is 0 Å². The highest BCUT2D eigenvalue weighted by atomic mass is 19.4. The third kappa shape index (κ3) is 3.89. The summed E-state index contributed by atoms with van der Waals surface area (Å²) in [6, 6.07) is 0. The highest BCUT2D eigenvalue weighted by Crippen LogP contribution is 2.64. The van der Waals surface area contributed by atoms with Crippen LogP contribution in [-0.4, -0.2) is 16.9 Å². The van der Waals surface area contributed by atoms with Gasteiger partial charge >= 0.3 is 6.18 Å². The first-order valence-corrected chi connectivity index (χ1v) is 10.1. The minimum atomic E-state index is -4.54. The molecular weight excluding hydrogens is 325 g/mol. The van der Waals surface area contributed by atoms with E-state index >= 15 is 0 Å². The van der Waals surface area contributed by atoms with E-state index < -0.39 is 11.8 Å². The monoisotopic (exact) mass is 362 g/mol. The van der Waals surface area contributed by atoms with Crippen LogP contribution in [0, 0.1) is 40.9 Å². The molecule has 0 heterocycles. The zero-order valence-electron chi connectivity index (χ0n) is 16.8. The fourth-order valence-electron chi connectivity index (χ4n) is 6.20. The minimum Gasteiger partial charge on any atom is -0.381 e. The molecule has 4 heteroatoms. The standard InChI is InChI=1S/C21H37F3O/c1-7-9-13(3)17-14-10-15(12-20(6,25)21(22,23)24)16(11-14)18(17)19(4,5)8-2/h13-18,25H,7-12H2,1-6H3. The van der Waals surface area contributed by atoms with Crippen LogP contribution < -0.4 is 0 Å². The van der Waals surface area contributed by atoms with E-state index in [0.29, 0.717) is 29.6 Å². The SMILES string of the molecule is CCCC(C)C1C2CC(CC(C)(O)C(F)(F)F)C(C2)C1C(C)(C)CC. The Hall–Kier alpha value is -0.250. The second kappa shape index (κ2) is 7.05. The quantitative estimate of drug-likeness (QED) is 0.552. The summed E-state index contributed by atoms with van der Waals surface area (Å²) in [6.45, 7) is 12.3. The van der Waals surface area contributed by atoms with Crippen molar-refractivity contribution in [1.82, 2.24) is 0 Å². The van der Waals surface area contributed by atoms with Crippen LogP contribution >= 0.6 is 0 Å². The average Bonchev–Trinajstić information content (AvgIpc) is 3.03. The van der Waals surface area contributed by atoms with Crippen LogP contribution in [0.4, 0.5) is 13.2 Å². The second-order valence-corrected chi connectivity index (χ2v) is 9.84. The van der Waals surface area contributed by atoms with E-state index in [-0.39, 0.29) is 17.8 Å². The number of halogens is 3. The average molecular weight is 363 g/mol. The van der Waals surface area contributed by atoms with Gasteiger partial charge in [-0.15, -0.1) is 0 Å². The van der Waals surface area contributed by atoms with Crippen LogP contribution in [-0.2, 0) is 0 Å². The Morgan fingerprint density at radius 3 is 2.16 bits per heavy atom. The lowest BCUT2D eigenvalue weighted by molar-refractivity contribution is -0.260. The van der Waals surface area contributed by atoms with Crippen molar-refractivity contribution in [3.05, 3.63) is 0 Å². The van der Waals surface area contributed by atoms with Crippen molar-refractivity contribution < 1.29 is 18.3 Å². The Morgan fingerprint density at radius 2 is 1.68 bits per heavy atom. The van der Waals surface area contributed by atoms with Gasteiger partial charge in [0.25, 0.3) is 0 Å². The smallest absolute Gasteiger partial charge is 0.381 e. The van der Waals surface area contributed by atoms with Crippen LogP contribution in [0.15, 0.2) is 0 Å². The molecule has 0 spiro atoms. The molecule has 0 aromatic heterocycles. The molecule has 0 aromatic carbocycles. The molecule has 0 radical (unpaired) electrons. The van der Waals surface area contributed by atoms with Gasteiger partial charge in [0.1, 0.15) is 0 Å². The lowest BCUT2D eigenvalue weighted by Gasteiger charge is -2.48. The Morgan fingerprint density at radius 1 is 1.08 bits per heavy atom. The molecule has 148 valence electrons. The molecule has 7 atom stereocenters. The second-order valence-electron chi connectivity index (χ2n) is 9.84. The summed E-state index contributed by atoms with van der Waals surface area (Å²) in [6.07, 6.45) is 0.675. The zero-order valence-corrected chi connectivity index (χ0v) is 16.8. The summed E-state index contributed by atoms with van der Waals surface area (Å²) in [5, 5.41) is 10.0. The third-order valence-electron chi connectivity index (χ3n) is 7.69. The van der Waals surface area contributed by atoms with Gasteiger partial charge in [-0.2, -0.15) is 13.2 Å². The maximum absolute atomic E-state index is 13.2. The molecule has 2 aliphatic carbocycles. The van der Waals surface area contributed by atoms with Crippen molar-refractivity contribution in [1.29, 1.82) is 0 Å². The molecule has 25 heavy (non-hydrogen) atoms. The van der Waals surface area contributed by atoms with Gasteiger partial charge in [-0.3, -0.25) is 0 Å². The van der Waals surface area contributed by atoms with Gasteiger partial charge < -0.3 is 5.11 Å². The predicted octanol–water partition coefficient (Wildman–Crippen LogP) is 6.45. The van der Waals surface area contributed by atoms with E-state index in [9.17, 15) is 18.3 Å². The first kappa shape index (κ1) is 21.1. The maximum atomic E-state index is 13.2. The topological polar surface area (TPSA) is 20.2 Å². The van der Waals surface area contributed by atoms with E-state index in [0.717, 1.165) is 26.2 Å². The summed E-state index contributed by atoms with van der Waals surface area (Å²) in [7, 11) is 0. The van der Waals surface area contributed by atoms with E-state index in [4.69, 9.17) is 0 Å². The van der Waals surface area contributed by atoms with Gasteiger partial charge in [-0.25, -0.2) is 0 Å². The van der Waals surface area contributed by atoms with Gasteiger partial charge in [-0.05, 0) is 67.1 Å². The van der Waals surface area contributed by atoms with Crippen molar-refractivity contribution in [3.8, 4) is 0 Å². The van der Waals surface area contributed by atoms with E-state index in [1.807, 2.05) is 0 Å². The van der Waals surface area contributed by atoms with Crippen molar-refractivity contribution in [2.24, 2.45) is 40.9 Å². The van der Waals surface area contributed by atoms with Crippen LogP contribution in [0.5, 0.6) is 0 Å². The lowest BCUT2D eigenvalue weighted by Crippen LogP contribution is -2.47. The molecule has 0 aromatic rings. The third-order valence-corrected chi connectivity index (χ3v) is 7.69. The molecule has 7 unspecified atom stereocenters. The van der Waals surface area contributed by atoms with Crippen LogP contribution in [0.3, 0.4) is 0 Å². The van der Waals surface area contributed by atoms with E-state index in [1.54, 1.807) is 0 Å². The summed E-state index contributed by atoms with van der Waals surface area (Å²) < 4.78 is 39.5. The highest BCUT2D eigenvalue weighted by molar-refractivity contribution is 5.07. The normalized spacial score (nSPS) is 36.5. The molecule has 0 aliphatic heterocycles. The van der Waals surface area contributed by atoms with Gasteiger partial charge in [-0.1, -0.05) is 53.9 Å². The lowest BCUT2D eigenvalue weighted by atomic mass is 9.57. The summed E-state index contributed by atoms with van der Waals surface area (Å²) in [4.78, 5) is 0. The maximum Gasteiger partial charge on any atom is 0.416 e. The summed E-state index contributed by atoms with van der Waals surface area (Å²) >= 11 is 0. The van der Waals surface area contributed by atoms with Crippen molar-refractivity contribution in [2.45, 2.75) is 91.8 Å². The number of rotatable bonds is 7. The summed E-state index contributed by atoms with van der Waals surface area (Å²) in [5.41, 5.74) is -2.41. The van der Waals surface area contributed by atoms with Gasteiger partial charge in [0.15, 0.2) is 5.60 Å². The molecule has 2 aliphatic rings. The molecule has 1 N–H and O–H groups in total. The molecule has 0 amide bonds. The molecule has 2 saturated carbocycles. The number of aliphatic hydroxyl groups is 1. The molecule has 2 rings (SSSR count). The molecule has 1 nitrogen and oxygen atoms in total. The van der Waals surface area contributed by atoms with Gasteiger partial charge in [0.05, 0.1) is 0 Å². The Labute approximate surface area is 151 Å². The Kier molecular flexibility index (Phi) is 5.94. The number of alkyl halides is 3. The molecule has 2 bridgehead atoms. The molecule has 0 saturated heterocycles. The minimum absolute atomic E-state index is 0.00234. The molecular formula is C21H37F3O. The largest absolute Gasteiger partial charge is 0.416 e.